The molecule has 1 saturated heterocycles. The van der Waals surface area contributed by atoms with Gasteiger partial charge >= 0.3 is 51.4 Å². The Morgan fingerprint density at radius 1 is 1.36 bits per heavy atom. The summed E-state index contributed by atoms with van der Waals surface area (Å²) in [7, 11) is 0. The number of alkyl halides is 1. The third kappa shape index (κ3) is 6.22. The minimum absolute atomic E-state index is 0. The van der Waals surface area contributed by atoms with Gasteiger partial charge in [-0.3, -0.25) is 4.39 Å². The van der Waals surface area contributed by atoms with Crippen molar-refractivity contribution in [2.75, 3.05) is 13.1 Å². The van der Waals surface area contributed by atoms with Gasteiger partial charge in [0.25, 0.3) is 0 Å². The van der Waals surface area contributed by atoms with E-state index < -0.39 is 6.17 Å². The van der Waals surface area contributed by atoms with Crippen molar-refractivity contribution in [1.82, 2.24) is 0 Å². The van der Waals surface area contributed by atoms with Crippen LogP contribution in [0.15, 0.2) is 0 Å². The summed E-state index contributed by atoms with van der Waals surface area (Å²) >= 11 is 0. The molecule has 1 fully saturated rings. The first-order chi connectivity index (χ1) is 4.30. The summed E-state index contributed by atoms with van der Waals surface area (Å²) in [6.45, 7) is 5.02. The molecule has 1 nitrogen and oxygen atoms in total. The van der Waals surface area contributed by atoms with Gasteiger partial charge in [0.05, 0.1) is 0 Å². The number of hydrogen-bond donors (Lipinski definition) is 0. The average Bonchev–Trinajstić information content (AvgIpc) is 1.90. The van der Waals surface area contributed by atoms with E-state index in [9.17, 15) is 4.39 Å². The molecule has 1 aliphatic heterocycles. The van der Waals surface area contributed by atoms with Crippen LogP contribution < -0.4 is 51.4 Å². The summed E-state index contributed by atoms with van der Waals surface area (Å²) < 4.78 is 12.4. The predicted octanol–water partition coefficient (Wildman–Crippen LogP) is -1.06. The van der Waals surface area contributed by atoms with E-state index in [1.165, 1.54) is 0 Å². The maximum absolute atomic E-state index is 12.4. The van der Waals surface area contributed by atoms with Crippen molar-refractivity contribution in [3.8, 4) is 0 Å². The number of rotatable bonds is 1. The largest absolute Gasteiger partial charge is 1.00 e. The molecule has 1 radical (unpaired) electrons. The third-order valence-corrected chi connectivity index (χ3v) is 1.83. The van der Waals surface area contributed by atoms with Crippen molar-refractivity contribution < 1.29 is 74.3 Å². The van der Waals surface area contributed by atoms with Gasteiger partial charge in [0, 0.05) is 18.6 Å². The second kappa shape index (κ2) is 8.70. The summed E-state index contributed by atoms with van der Waals surface area (Å²) in [6.07, 6.45) is 0.912. The van der Waals surface area contributed by atoms with Crippen LogP contribution in [0.25, 0.3) is 5.32 Å². The van der Waals surface area contributed by atoms with Crippen molar-refractivity contribution in [3.63, 3.8) is 0 Å². The van der Waals surface area contributed by atoms with Gasteiger partial charge in [0.2, 0.25) is 0 Å². The van der Waals surface area contributed by atoms with Gasteiger partial charge in [-0.05, 0) is 12.1 Å². The van der Waals surface area contributed by atoms with Crippen LogP contribution in [0, 0.1) is 12.8 Å². The Hall–Kier alpha value is 2.11. The van der Waals surface area contributed by atoms with Crippen molar-refractivity contribution in [2.24, 2.45) is 5.92 Å². The van der Waals surface area contributed by atoms with Gasteiger partial charge < -0.3 is 12.2 Å². The van der Waals surface area contributed by atoms with Crippen molar-refractivity contribution in [3.05, 3.63) is 12.2 Å². The molecule has 1 atom stereocenters. The van der Waals surface area contributed by atoms with E-state index in [0.29, 0.717) is 0 Å². The summed E-state index contributed by atoms with van der Waals surface area (Å²) in [6, 6.07) is 0. The Bertz CT molecular complexity index is 86.5. The van der Waals surface area contributed by atoms with Gasteiger partial charge in [-0.2, -0.15) is 0 Å². The topological polar surface area (TPSA) is 14.1 Å². The fourth-order valence-corrected chi connectivity index (χ4v) is 1.13. The fraction of sp³-hybridized carbons (Fsp3) is 0.857. The summed E-state index contributed by atoms with van der Waals surface area (Å²) in [4.78, 5) is 0. The second-order valence-electron chi connectivity index (χ2n) is 2.52. The smallest absolute Gasteiger partial charge is 0.662 e. The molecule has 0 bridgehead atoms. The van der Waals surface area contributed by atoms with E-state index in [-0.39, 0.29) is 75.9 Å². The maximum Gasteiger partial charge on any atom is 1.00 e. The van der Waals surface area contributed by atoms with Gasteiger partial charge in [-0.1, -0.05) is 12.8 Å². The Balaban J connectivity index is 0. The Labute approximate surface area is 123 Å². The molecule has 0 spiro atoms. The molecule has 4 heteroatoms. The molecular weight excluding hydrogens is 207 g/mol. The van der Waals surface area contributed by atoms with E-state index >= 15 is 0 Å². The van der Waals surface area contributed by atoms with Gasteiger partial charge in [-0.25, -0.2) is 0 Å². The minimum Gasteiger partial charge on any atom is -0.662 e. The second-order valence-corrected chi connectivity index (χ2v) is 2.52. The first-order valence-corrected chi connectivity index (χ1v) is 3.41. The van der Waals surface area contributed by atoms with Crippen LogP contribution in [0.2, 0.25) is 0 Å². The summed E-state index contributed by atoms with van der Waals surface area (Å²) in [5, 5.41) is 4.12. The Morgan fingerprint density at radius 2 is 1.82 bits per heavy atom. The molecule has 0 amide bonds. The van der Waals surface area contributed by atoms with Crippen LogP contribution in [-0.2, 0) is 18.6 Å². The van der Waals surface area contributed by atoms with Crippen molar-refractivity contribution in [2.45, 2.75) is 19.0 Å². The molecule has 1 rings (SSSR count). The third-order valence-electron chi connectivity index (χ3n) is 1.83. The number of nitrogens with zero attached hydrogens (tertiary/aromatic N) is 1. The first-order valence-electron chi connectivity index (χ1n) is 3.41. The first kappa shape index (κ1) is 15.6. The van der Waals surface area contributed by atoms with Gasteiger partial charge in [-0.15, -0.1) is 13.1 Å². The summed E-state index contributed by atoms with van der Waals surface area (Å²) in [5.74, 6) is 0.183. The van der Waals surface area contributed by atoms with Crippen LogP contribution >= 0.6 is 0 Å². The fourth-order valence-electron chi connectivity index (χ4n) is 1.13. The van der Waals surface area contributed by atoms with Crippen LogP contribution in [0.3, 0.4) is 0 Å². The number of hydrogen-bond acceptors (Lipinski definition) is 0. The Morgan fingerprint density at radius 3 is 2.09 bits per heavy atom. The van der Waals surface area contributed by atoms with Crippen LogP contribution in [0.1, 0.15) is 12.8 Å². The van der Waals surface area contributed by atoms with E-state index in [0.717, 1.165) is 25.9 Å². The molecule has 0 saturated carbocycles. The van der Waals surface area contributed by atoms with Crippen LogP contribution in [0.5, 0.6) is 0 Å². The zero-order valence-corrected chi connectivity index (χ0v) is 11.5. The van der Waals surface area contributed by atoms with Crippen molar-refractivity contribution >= 4 is 0 Å². The van der Waals surface area contributed by atoms with Crippen LogP contribution in [0.4, 0.5) is 4.39 Å². The molecule has 0 aromatic heterocycles. The standard InChI is InChI=1S/C7H12FN.K.V/c1-6(8)7-2-4-9-5-3-7;;/h6-7H,1-5H2;;/q-2;+1;/t6-;;/m1../s1. The van der Waals surface area contributed by atoms with Crippen LogP contribution in [-0.4, -0.2) is 19.3 Å². The van der Waals surface area contributed by atoms with E-state index in [2.05, 4.69) is 12.2 Å². The number of piperidine rings is 1. The summed E-state index contributed by atoms with van der Waals surface area (Å²) in [5.41, 5.74) is 0. The zero-order chi connectivity index (χ0) is 6.69. The molecule has 11 heavy (non-hydrogen) atoms. The molecule has 0 unspecified atom stereocenters. The maximum atomic E-state index is 12.4. The van der Waals surface area contributed by atoms with Crippen molar-refractivity contribution in [1.29, 1.82) is 0 Å². The zero-order valence-electron chi connectivity index (χ0n) is 6.96. The van der Waals surface area contributed by atoms with Gasteiger partial charge in [0.15, 0.2) is 0 Å². The molecule has 1 heterocycles. The minimum atomic E-state index is -0.875. The SMILES string of the molecule is [CH2-][C@@H](F)C1CC[N-]CC1.[K+].[V]. The van der Waals surface area contributed by atoms with E-state index in [1.807, 2.05) is 0 Å². The predicted molar refractivity (Wildman–Crippen MR) is 36.1 cm³/mol. The molecule has 1 aliphatic rings. The van der Waals surface area contributed by atoms with E-state index in [1.54, 1.807) is 0 Å². The van der Waals surface area contributed by atoms with Gasteiger partial charge in [0.1, 0.15) is 0 Å². The quantitative estimate of drug-likeness (QED) is 0.394. The number of halogens is 1. The van der Waals surface area contributed by atoms with E-state index in [4.69, 9.17) is 0 Å². The molecule has 0 aromatic carbocycles. The molecule has 0 aromatic rings. The molecule has 0 N–H and O–H groups in total. The monoisotopic (exact) mass is 219 g/mol. The molecule has 0 aliphatic carbocycles. The Kier molecular flexibility index (Phi) is 12.3. The average molecular weight is 219 g/mol. The normalized spacial score (nSPS) is 21.3. The molecule has 59 valence electrons. The molecular formula is C7H12FKNV-.